The Kier molecular flexibility index (Phi) is 3.05. The van der Waals surface area contributed by atoms with Crippen LogP contribution in [0.15, 0.2) is 10.5 Å². The van der Waals surface area contributed by atoms with Crippen LogP contribution in [0.4, 0.5) is 8.78 Å². The van der Waals surface area contributed by atoms with Crippen LogP contribution in [0.3, 0.4) is 0 Å². The van der Waals surface area contributed by atoms with Gasteiger partial charge in [-0.25, -0.2) is 13.6 Å². The molecule has 0 fully saturated rings. The van der Waals surface area contributed by atoms with E-state index < -0.39 is 23.2 Å². The fraction of sp³-hybridized carbons (Fsp3) is 0.125. The first-order chi connectivity index (χ1) is 6.49. The Morgan fingerprint density at radius 2 is 2.14 bits per heavy atom. The van der Waals surface area contributed by atoms with Gasteiger partial charge in [0.05, 0.1) is 11.6 Å². The molecule has 0 atom stereocenters. The highest BCUT2D eigenvalue weighted by atomic mass is 79.9. The average molecular weight is 267 g/mol. The molecule has 0 aliphatic heterocycles. The van der Waals surface area contributed by atoms with Gasteiger partial charge in [0.25, 0.3) is 0 Å². The van der Waals surface area contributed by atoms with E-state index in [0.717, 1.165) is 6.07 Å². The largest absolute Gasteiger partial charge is 0.495 e. The van der Waals surface area contributed by atoms with E-state index in [-0.39, 0.29) is 10.2 Å². The zero-order chi connectivity index (χ0) is 10.9. The molecule has 0 unspecified atom stereocenters. The molecule has 3 nitrogen and oxygen atoms in total. The van der Waals surface area contributed by atoms with E-state index >= 15 is 0 Å². The van der Waals surface area contributed by atoms with Gasteiger partial charge in [-0.15, -0.1) is 0 Å². The molecule has 0 bridgehead atoms. The van der Waals surface area contributed by atoms with Crippen LogP contribution in [-0.4, -0.2) is 18.2 Å². The smallest absolute Gasteiger partial charge is 0.341 e. The second-order valence-corrected chi connectivity index (χ2v) is 3.16. The van der Waals surface area contributed by atoms with E-state index in [1.807, 2.05) is 0 Å². The minimum absolute atomic E-state index is 0.0926. The van der Waals surface area contributed by atoms with Crippen molar-refractivity contribution in [3.05, 3.63) is 27.7 Å². The van der Waals surface area contributed by atoms with Crippen molar-refractivity contribution in [1.82, 2.24) is 0 Å². The maximum atomic E-state index is 13.2. The van der Waals surface area contributed by atoms with Crippen LogP contribution in [0.1, 0.15) is 10.4 Å². The lowest BCUT2D eigenvalue weighted by Crippen LogP contribution is -2.06. The van der Waals surface area contributed by atoms with Crippen molar-refractivity contribution in [2.45, 2.75) is 0 Å². The van der Waals surface area contributed by atoms with Crippen LogP contribution in [0.25, 0.3) is 0 Å². The number of carbonyl (C=O) groups is 1. The highest BCUT2D eigenvalue weighted by Crippen LogP contribution is 2.31. The maximum Gasteiger partial charge on any atom is 0.341 e. The number of halogens is 3. The van der Waals surface area contributed by atoms with Gasteiger partial charge in [0, 0.05) is 6.07 Å². The summed E-state index contributed by atoms with van der Waals surface area (Å²) in [5, 5.41) is 8.49. The summed E-state index contributed by atoms with van der Waals surface area (Å²) in [4.78, 5) is 10.5. The van der Waals surface area contributed by atoms with Crippen molar-refractivity contribution in [3.8, 4) is 5.75 Å². The number of methoxy groups -OCH3 is 1. The third kappa shape index (κ3) is 1.70. The molecule has 0 aliphatic carbocycles. The molecule has 0 heterocycles. The van der Waals surface area contributed by atoms with Crippen molar-refractivity contribution >= 4 is 21.9 Å². The Bertz CT molecular complexity index is 393. The molecule has 0 aromatic heterocycles. The molecule has 1 aromatic rings. The SMILES string of the molecule is COc1cc(F)c(C(=O)O)c(F)c1Br. The lowest BCUT2D eigenvalue weighted by atomic mass is 10.2. The highest BCUT2D eigenvalue weighted by Gasteiger charge is 2.22. The number of hydrogen-bond donors (Lipinski definition) is 1. The summed E-state index contributed by atoms with van der Waals surface area (Å²) in [6, 6.07) is 0.802. The minimum Gasteiger partial charge on any atom is -0.495 e. The molecule has 14 heavy (non-hydrogen) atoms. The Balaban J connectivity index is 3.49. The molecule has 6 heteroatoms. The summed E-state index contributed by atoms with van der Waals surface area (Å²) in [5.41, 5.74) is -1.00. The van der Waals surface area contributed by atoms with Gasteiger partial charge in [0.15, 0.2) is 5.82 Å². The van der Waals surface area contributed by atoms with Crippen LogP contribution in [-0.2, 0) is 0 Å². The average Bonchev–Trinajstić information content (AvgIpc) is 2.10. The summed E-state index contributed by atoms with van der Waals surface area (Å²) in [6.45, 7) is 0. The summed E-state index contributed by atoms with van der Waals surface area (Å²) in [6.07, 6.45) is 0. The molecular formula is C8H5BrF2O3. The first-order valence-corrected chi connectivity index (χ1v) is 4.23. The first-order valence-electron chi connectivity index (χ1n) is 3.43. The van der Waals surface area contributed by atoms with Crippen LogP contribution < -0.4 is 4.74 Å². The van der Waals surface area contributed by atoms with Crippen molar-refractivity contribution in [2.75, 3.05) is 7.11 Å². The summed E-state index contributed by atoms with van der Waals surface area (Å²) in [5.74, 6) is -4.11. The number of benzene rings is 1. The molecule has 0 saturated heterocycles. The molecule has 76 valence electrons. The van der Waals surface area contributed by atoms with Gasteiger partial charge in [-0.3, -0.25) is 0 Å². The van der Waals surface area contributed by atoms with Gasteiger partial charge in [0.1, 0.15) is 17.1 Å². The minimum atomic E-state index is -1.66. The van der Waals surface area contributed by atoms with E-state index in [4.69, 9.17) is 5.11 Å². The van der Waals surface area contributed by atoms with E-state index in [9.17, 15) is 13.6 Å². The van der Waals surface area contributed by atoms with Crippen molar-refractivity contribution in [3.63, 3.8) is 0 Å². The van der Waals surface area contributed by atoms with Gasteiger partial charge in [-0.2, -0.15) is 0 Å². The van der Waals surface area contributed by atoms with Crippen LogP contribution in [0, 0.1) is 11.6 Å². The van der Waals surface area contributed by atoms with Crippen LogP contribution in [0.2, 0.25) is 0 Å². The van der Waals surface area contributed by atoms with Gasteiger partial charge < -0.3 is 9.84 Å². The van der Waals surface area contributed by atoms with E-state index in [2.05, 4.69) is 20.7 Å². The molecule has 0 spiro atoms. The Morgan fingerprint density at radius 1 is 1.57 bits per heavy atom. The molecule has 0 saturated carbocycles. The molecule has 1 N–H and O–H groups in total. The molecule has 0 aliphatic rings. The lowest BCUT2D eigenvalue weighted by Gasteiger charge is -2.06. The first kappa shape index (κ1) is 10.9. The Morgan fingerprint density at radius 3 is 2.57 bits per heavy atom. The Labute approximate surface area is 86.4 Å². The normalized spacial score (nSPS) is 10.0. The fourth-order valence-corrected chi connectivity index (χ4v) is 1.39. The van der Waals surface area contributed by atoms with Gasteiger partial charge in [0.2, 0.25) is 0 Å². The van der Waals surface area contributed by atoms with Crippen molar-refractivity contribution in [2.24, 2.45) is 0 Å². The number of carboxylic acids is 1. The summed E-state index contributed by atoms with van der Waals surface area (Å²) >= 11 is 2.76. The third-order valence-corrected chi connectivity index (χ3v) is 2.30. The topological polar surface area (TPSA) is 46.5 Å². The van der Waals surface area contributed by atoms with Gasteiger partial charge in [-0.05, 0) is 15.9 Å². The summed E-state index contributed by atoms with van der Waals surface area (Å²) in [7, 11) is 1.22. The molecule has 0 radical (unpaired) electrons. The molecule has 1 rings (SSSR count). The predicted molar refractivity (Wildman–Crippen MR) is 47.6 cm³/mol. The number of carboxylic acid groups (broad SMARTS) is 1. The van der Waals surface area contributed by atoms with Crippen LogP contribution in [0.5, 0.6) is 5.75 Å². The zero-order valence-corrected chi connectivity index (χ0v) is 8.56. The van der Waals surface area contributed by atoms with E-state index in [0.29, 0.717) is 0 Å². The third-order valence-electron chi connectivity index (χ3n) is 1.56. The van der Waals surface area contributed by atoms with E-state index in [1.54, 1.807) is 0 Å². The predicted octanol–water partition coefficient (Wildman–Crippen LogP) is 2.43. The lowest BCUT2D eigenvalue weighted by molar-refractivity contribution is 0.0686. The second kappa shape index (κ2) is 3.91. The number of rotatable bonds is 2. The molecular weight excluding hydrogens is 262 g/mol. The van der Waals surface area contributed by atoms with Crippen LogP contribution >= 0.6 is 15.9 Å². The number of ether oxygens (including phenoxy) is 1. The van der Waals surface area contributed by atoms with Gasteiger partial charge in [-0.1, -0.05) is 0 Å². The zero-order valence-electron chi connectivity index (χ0n) is 6.97. The standard InChI is InChI=1S/C8H5BrF2O3/c1-14-4-2-3(10)5(8(12)13)7(11)6(4)9/h2H,1H3,(H,12,13). The van der Waals surface area contributed by atoms with Crippen molar-refractivity contribution < 1.29 is 23.4 Å². The number of hydrogen-bond acceptors (Lipinski definition) is 2. The molecule has 1 aromatic carbocycles. The van der Waals surface area contributed by atoms with Gasteiger partial charge >= 0.3 is 5.97 Å². The second-order valence-electron chi connectivity index (χ2n) is 2.37. The quantitative estimate of drug-likeness (QED) is 0.837. The maximum absolute atomic E-state index is 13.2. The highest BCUT2D eigenvalue weighted by molar-refractivity contribution is 9.10. The fourth-order valence-electron chi connectivity index (χ4n) is 0.918. The summed E-state index contributed by atoms with van der Waals surface area (Å²) < 4.78 is 30.6. The number of aromatic carboxylic acids is 1. The molecule has 0 amide bonds. The Hall–Kier alpha value is -1.17. The van der Waals surface area contributed by atoms with E-state index in [1.165, 1.54) is 7.11 Å². The monoisotopic (exact) mass is 266 g/mol. The van der Waals surface area contributed by atoms with Crippen molar-refractivity contribution in [1.29, 1.82) is 0 Å².